The van der Waals surface area contributed by atoms with Gasteiger partial charge in [-0.2, -0.15) is 0 Å². The molecule has 1 aliphatic carbocycles. The Bertz CT molecular complexity index is 1270. The molecule has 0 spiro atoms. The smallest absolute Gasteiger partial charge is 0.417 e. The van der Waals surface area contributed by atoms with Gasteiger partial charge in [-0.15, -0.1) is 0 Å². The normalized spacial score (nSPS) is 19.0. The molecule has 12 heteroatoms. The Balaban J connectivity index is 1.91. The molecule has 262 valence electrons. The van der Waals surface area contributed by atoms with Crippen LogP contribution in [0.5, 0.6) is 0 Å². The molecule has 1 aromatic carbocycles. The first kappa shape index (κ1) is 38.1. The Morgan fingerprint density at radius 2 is 1.64 bits per heavy atom. The Hall–Kier alpha value is -3.35. The van der Waals surface area contributed by atoms with Crippen LogP contribution in [0.1, 0.15) is 102 Å². The molecule has 1 aliphatic heterocycles. The van der Waals surface area contributed by atoms with Gasteiger partial charge >= 0.3 is 18.0 Å². The van der Waals surface area contributed by atoms with Crippen LogP contribution >= 0.6 is 0 Å². The van der Waals surface area contributed by atoms with Crippen LogP contribution in [-0.4, -0.2) is 84.7 Å². The lowest BCUT2D eigenvalue weighted by Gasteiger charge is -2.35. The fourth-order valence-electron chi connectivity index (χ4n) is 6.16. The number of benzene rings is 1. The Labute approximate surface area is 278 Å². The minimum absolute atomic E-state index is 0.0460. The summed E-state index contributed by atoms with van der Waals surface area (Å²) in [5, 5.41) is 3.14. The van der Waals surface area contributed by atoms with Gasteiger partial charge in [0.2, 0.25) is 5.91 Å². The van der Waals surface area contributed by atoms with Crippen LogP contribution < -0.4 is 11.1 Å². The first-order valence-corrected chi connectivity index (χ1v) is 16.5. The highest BCUT2D eigenvalue weighted by Gasteiger charge is 2.47. The van der Waals surface area contributed by atoms with Crippen LogP contribution in [-0.2, 0) is 39.9 Å². The second-order valence-corrected chi connectivity index (χ2v) is 14.7. The zero-order valence-electron chi connectivity index (χ0n) is 29.0. The number of imide groups is 1. The quantitative estimate of drug-likeness (QED) is 0.176. The van der Waals surface area contributed by atoms with E-state index in [4.69, 9.17) is 19.9 Å². The predicted molar refractivity (Wildman–Crippen MR) is 174 cm³/mol. The van der Waals surface area contributed by atoms with Crippen LogP contribution in [0.4, 0.5) is 4.79 Å². The van der Waals surface area contributed by atoms with Gasteiger partial charge in [-0.25, -0.2) is 9.69 Å². The first-order valence-electron chi connectivity index (χ1n) is 16.5. The second kappa shape index (κ2) is 16.2. The minimum atomic E-state index is -0.972. The zero-order chi connectivity index (χ0) is 35.0. The molecule has 1 saturated carbocycles. The zero-order valence-corrected chi connectivity index (χ0v) is 29.0. The molecule has 3 N–H and O–H groups in total. The van der Waals surface area contributed by atoms with E-state index < -0.39 is 58.6 Å². The van der Waals surface area contributed by atoms with Crippen molar-refractivity contribution < 1.29 is 42.9 Å². The summed E-state index contributed by atoms with van der Waals surface area (Å²) in [6.45, 7) is 10.9. The van der Waals surface area contributed by atoms with E-state index in [0.29, 0.717) is 31.4 Å². The van der Waals surface area contributed by atoms with Crippen molar-refractivity contribution in [1.82, 2.24) is 10.2 Å². The summed E-state index contributed by atoms with van der Waals surface area (Å²) in [5.41, 5.74) is 4.33. The molecule has 2 amide bonds. The largest absolute Gasteiger partial charge is 0.468 e. The Morgan fingerprint density at radius 1 is 0.979 bits per heavy atom. The molecule has 0 bridgehead atoms. The van der Waals surface area contributed by atoms with Crippen molar-refractivity contribution in [3.63, 3.8) is 0 Å². The molecule has 3 atom stereocenters. The molecular formula is C35H53N3O9. The lowest BCUT2D eigenvalue weighted by Crippen LogP contribution is -2.51. The number of nitrogens with zero attached hydrogens (tertiary/aromatic N) is 1. The number of nitrogens with two attached hydrogens (primary N) is 1. The maximum Gasteiger partial charge on any atom is 0.417 e. The third-order valence-electron chi connectivity index (χ3n) is 8.32. The SMILES string of the molecule is COC(=O)[C@@H](N)COCc1cccc(C(=O)C2(C[C@@H](CN(C(=O)OC(C)(C)C)C(=O)[C@@H]3CCCN3)C(=O)OC(C)(C)C)CCCC2)c1. The van der Waals surface area contributed by atoms with Gasteiger partial charge in [0.1, 0.15) is 17.2 Å². The molecule has 0 unspecified atom stereocenters. The summed E-state index contributed by atoms with van der Waals surface area (Å²) in [7, 11) is 1.25. The van der Waals surface area contributed by atoms with Crippen molar-refractivity contribution in [3.05, 3.63) is 35.4 Å². The monoisotopic (exact) mass is 659 g/mol. The third kappa shape index (κ3) is 11.1. The number of rotatable bonds is 13. The molecule has 3 rings (SSSR count). The maximum atomic E-state index is 14.4. The molecule has 2 aliphatic rings. The number of ether oxygens (including phenoxy) is 4. The van der Waals surface area contributed by atoms with Gasteiger partial charge < -0.3 is 30.0 Å². The van der Waals surface area contributed by atoms with Crippen molar-refractivity contribution in [2.45, 2.75) is 116 Å². The maximum absolute atomic E-state index is 14.4. The van der Waals surface area contributed by atoms with E-state index in [0.717, 1.165) is 29.7 Å². The number of esters is 2. The minimum Gasteiger partial charge on any atom is -0.468 e. The van der Waals surface area contributed by atoms with E-state index >= 15 is 0 Å². The number of nitrogens with one attached hydrogen (secondary N) is 1. The molecule has 2 fully saturated rings. The fourth-order valence-corrected chi connectivity index (χ4v) is 6.16. The van der Waals surface area contributed by atoms with E-state index in [1.54, 1.807) is 59.7 Å². The lowest BCUT2D eigenvalue weighted by atomic mass is 9.72. The highest BCUT2D eigenvalue weighted by Crippen LogP contribution is 2.46. The molecular weight excluding hydrogens is 606 g/mol. The van der Waals surface area contributed by atoms with Crippen LogP contribution in [0.25, 0.3) is 0 Å². The van der Waals surface area contributed by atoms with Gasteiger partial charge in [0, 0.05) is 17.5 Å². The fraction of sp³-hybridized carbons (Fsp3) is 0.686. The average Bonchev–Trinajstić information content (AvgIpc) is 3.70. The first-order chi connectivity index (χ1) is 21.9. The van der Waals surface area contributed by atoms with Gasteiger partial charge in [0.25, 0.3) is 0 Å². The summed E-state index contributed by atoms with van der Waals surface area (Å²) >= 11 is 0. The summed E-state index contributed by atoms with van der Waals surface area (Å²) in [6.07, 6.45) is 3.29. The summed E-state index contributed by atoms with van der Waals surface area (Å²) in [6, 6.07) is 5.56. The number of carbonyl (C=O) groups excluding carboxylic acids is 5. The molecule has 47 heavy (non-hydrogen) atoms. The molecule has 0 aromatic heterocycles. The van der Waals surface area contributed by atoms with Gasteiger partial charge in [0.05, 0.1) is 32.3 Å². The van der Waals surface area contributed by atoms with Gasteiger partial charge in [-0.1, -0.05) is 31.0 Å². The summed E-state index contributed by atoms with van der Waals surface area (Å²) in [5.74, 6) is -2.72. The molecule has 0 radical (unpaired) electrons. The van der Waals surface area contributed by atoms with Gasteiger partial charge in [-0.05, 0) is 91.8 Å². The number of hydrogen-bond donors (Lipinski definition) is 2. The van der Waals surface area contributed by atoms with E-state index in [1.807, 2.05) is 6.07 Å². The van der Waals surface area contributed by atoms with E-state index in [-0.39, 0.29) is 32.0 Å². The molecule has 1 saturated heterocycles. The average molecular weight is 660 g/mol. The van der Waals surface area contributed by atoms with Gasteiger partial charge in [-0.3, -0.25) is 19.2 Å². The van der Waals surface area contributed by atoms with Crippen molar-refractivity contribution in [2.75, 3.05) is 26.8 Å². The number of amides is 2. The van der Waals surface area contributed by atoms with Crippen molar-refractivity contribution in [2.24, 2.45) is 17.1 Å². The van der Waals surface area contributed by atoms with Crippen molar-refractivity contribution in [1.29, 1.82) is 0 Å². The summed E-state index contributed by atoms with van der Waals surface area (Å²) in [4.78, 5) is 68.0. The number of Topliss-reactive ketones (excluding diaryl/α,β-unsaturated/α-hetero) is 1. The third-order valence-corrected chi connectivity index (χ3v) is 8.32. The highest BCUT2D eigenvalue weighted by molar-refractivity contribution is 6.01. The van der Waals surface area contributed by atoms with Crippen LogP contribution in [0, 0.1) is 11.3 Å². The van der Waals surface area contributed by atoms with Crippen LogP contribution in [0.3, 0.4) is 0 Å². The highest BCUT2D eigenvalue weighted by atomic mass is 16.6. The van der Waals surface area contributed by atoms with E-state index in [2.05, 4.69) is 10.1 Å². The molecule has 1 heterocycles. The Morgan fingerprint density at radius 3 is 2.21 bits per heavy atom. The predicted octanol–water partition coefficient (Wildman–Crippen LogP) is 4.31. The van der Waals surface area contributed by atoms with E-state index in [9.17, 15) is 24.0 Å². The lowest BCUT2D eigenvalue weighted by molar-refractivity contribution is -0.162. The van der Waals surface area contributed by atoms with Crippen LogP contribution in [0.2, 0.25) is 0 Å². The topological polar surface area (TPSA) is 164 Å². The number of ketones is 1. The van der Waals surface area contributed by atoms with Gasteiger partial charge in [0.15, 0.2) is 5.78 Å². The standard InChI is InChI=1S/C35H53N3O9/c1-33(2,3)46-30(41)25(20-38(32(43)47-34(4,5)6)29(40)27-14-11-17-37-27)19-35(15-8-9-16-35)28(39)24-13-10-12-23(18-24)21-45-22-26(36)31(42)44-7/h10,12-13,18,25-27,37H,8-9,11,14-17,19-22,36H2,1-7H3/t25-,26-,27-/m0/s1. The molecule has 1 aromatic rings. The van der Waals surface area contributed by atoms with Crippen molar-refractivity contribution in [3.8, 4) is 0 Å². The number of methoxy groups -OCH3 is 1. The Kier molecular flexibility index (Phi) is 13.1. The molecule has 12 nitrogen and oxygen atoms in total. The summed E-state index contributed by atoms with van der Waals surface area (Å²) < 4.78 is 21.7. The van der Waals surface area contributed by atoms with E-state index in [1.165, 1.54) is 7.11 Å². The number of carbonyl (C=O) groups is 5. The van der Waals surface area contributed by atoms with Crippen LogP contribution in [0.15, 0.2) is 24.3 Å². The number of hydrogen-bond acceptors (Lipinski definition) is 11. The second-order valence-electron chi connectivity index (χ2n) is 14.7. The van der Waals surface area contributed by atoms with Crippen molar-refractivity contribution >= 4 is 29.7 Å².